The lowest BCUT2D eigenvalue weighted by molar-refractivity contribution is 0.221. The molecule has 1 aliphatic rings. The lowest BCUT2D eigenvalue weighted by Gasteiger charge is -2.26. The van der Waals surface area contributed by atoms with Crippen molar-refractivity contribution in [2.24, 2.45) is 7.05 Å². The number of thioether (sulfide) groups is 1. The van der Waals surface area contributed by atoms with Gasteiger partial charge in [-0.05, 0) is 49.7 Å². The van der Waals surface area contributed by atoms with Gasteiger partial charge in [-0.15, -0.1) is 24.2 Å². The van der Waals surface area contributed by atoms with Crippen molar-refractivity contribution in [1.29, 1.82) is 0 Å². The van der Waals surface area contributed by atoms with Crippen LogP contribution in [-0.4, -0.2) is 22.6 Å². The van der Waals surface area contributed by atoms with E-state index in [0.29, 0.717) is 0 Å². The van der Waals surface area contributed by atoms with Crippen LogP contribution < -0.4 is 0 Å². The monoisotopic (exact) mass is 420 g/mol. The molecule has 0 amide bonds. The molecule has 0 saturated carbocycles. The molecule has 0 bridgehead atoms. The van der Waals surface area contributed by atoms with Crippen LogP contribution in [-0.2, 0) is 19.3 Å². The summed E-state index contributed by atoms with van der Waals surface area (Å²) in [5, 5.41) is 2.24. The summed E-state index contributed by atoms with van der Waals surface area (Å²) in [6.07, 6.45) is 4.03. The number of aryl methyl sites for hydroxylation is 1. The first-order valence-electron chi connectivity index (χ1n) is 9.39. The van der Waals surface area contributed by atoms with Crippen molar-refractivity contribution in [3.05, 3.63) is 64.8 Å². The van der Waals surface area contributed by atoms with Gasteiger partial charge in [0.25, 0.3) is 0 Å². The fourth-order valence-electron chi connectivity index (χ4n) is 3.93. The second-order valence-corrected chi connectivity index (χ2v) is 8.48. The molecule has 0 atom stereocenters. The maximum absolute atomic E-state index is 6.37. The molecule has 0 spiro atoms. The molecular weight excluding hydrogens is 395 g/mol. The summed E-state index contributed by atoms with van der Waals surface area (Å²) < 4.78 is 2.37. The van der Waals surface area contributed by atoms with E-state index in [-0.39, 0.29) is 12.4 Å². The van der Waals surface area contributed by atoms with E-state index in [2.05, 4.69) is 52.9 Å². The van der Waals surface area contributed by atoms with Crippen LogP contribution in [0, 0.1) is 0 Å². The Morgan fingerprint density at radius 3 is 2.44 bits per heavy atom. The number of benzene rings is 2. The largest absolute Gasteiger partial charge is 0.347 e. The number of nitrogens with zero attached hydrogens (tertiary/aromatic N) is 2. The third-order valence-corrected chi connectivity index (χ3v) is 6.90. The number of rotatable bonds is 5. The molecule has 1 aliphatic heterocycles. The van der Waals surface area contributed by atoms with Crippen LogP contribution in [0.15, 0.2) is 53.4 Å². The highest BCUT2D eigenvalue weighted by Crippen LogP contribution is 2.34. The van der Waals surface area contributed by atoms with Gasteiger partial charge in [0.1, 0.15) is 0 Å². The predicted octanol–water partition coefficient (Wildman–Crippen LogP) is 6.53. The summed E-state index contributed by atoms with van der Waals surface area (Å²) >= 11 is 8.20. The van der Waals surface area contributed by atoms with Crippen molar-refractivity contribution in [3.63, 3.8) is 0 Å². The topological polar surface area (TPSA) is 8.17 Å². The zero-order chi connectivity index (χ0) is 17.9. The van der Waals surface area contributed by atoms with E-state index in [1.807, 2.05) is 23.9 Å². The van der Waals surface area contributed by atoms with Crippen LogP contribution in [0.5, 0.6) is 0 Å². The van der Waals surface area contributed by atoms with E-state index in [9.17, 15) is 0 Å². The summed E-state index contributed by atoms with van der Waals surface area (Å²) in [6, 6.07) is 16.9. The Bertz CT molecular complexity index is 900. The van der Waals surface area contributed by atoms with E-state index in [4.69, 9.17) is 11.6 Å². The molecule has 144 valence electrons. The van der Waals surface area contributed by atoms with Gasteiger partial charge in [-0.1, -0.05) is 48.4 Å². The Balaban J connectivity index is 0.00000210. The summed E-state index contributed by atoms with van der Waals surface area (Å²) in [5.41, 5.74) is 4.24. The zero-order valence-electron chi connectivity index (χ0n) is 15.7. The van der Waals surface area contributed by atoms with Crippen molar-refractivity contribution in [2.75, 3.05) is 13.1 Å². The molecule has 27 heavy (non-hydrogen) atoms. The van der Waals surface area contributed by atoms with Crippen LogP contribution in [0.1, 0.15) is 30.5 Å². The van der Waals surface area contributed by atoms with Gasteiger partial charge in [0.2, 0.25) is 0 Å². The van der Waals surface area contributed by atoms with Crippen molar-refractivity contribution in [3.8, 4) is 0 Å². The Morgan fingerprint density at radius 1 is 0.963 bits per heavy atom. The lowest BCUT2D eigenvalue weighted by Crippen LogP contribution is -2.29. The van der Waals surface area contributed by atoms with Crippen molar-refractivity contribution >= 4 is 46.7 Å². The number of aromatic nitrogens is 1. The first-order valence-corrected chi connectivity index (χ1v) is 10.8. The quantitative estimate of drug-likeness (QED) is 0.433. The number of para-hydroxylation sites is 1. The number of likely N-dealkylation sites (tertiary alicyclic amines) is 1. The SMILES string of the molecule is Cl.Cn1c(CSc2ccccc2Cl)c(CN2CCCCC2)c2ccccc21. The van der Waals surface area contributed by atoms with Gasteiger partial charge < -0.3 is 4.57 Å². The molecule has 2 aromatic carbocycles. The maximum atomic E-state index is 6.37. The van der Waals surface area contributed by atoms with Crippen LogP contribution in [0.3, 0.4) is 0 Å². The van der Waals surface area contributed by atoms with Crippen molar-refractivity contribution in [1.82, 2.24) is 9.47 Å². The predicted molar refractivity (Wildman–Crippen MR) is 120 cm³/mol. The van der Waals surface area contributed by atoms with Crippen molar-refractivity contribution < 1.29 is 0 Å². The maximum Gasteiger partial charge on any atom is 0.0541 e. The third kappa shape index (κ3) is 4.48. The highest BCUT2D eigenvalue weighted by atomic mass is 35.5. The second-order valence-electron chi connectivity index (χ2n) is 7.06. The summed E-state index contributed by atoms with van der Waals surface area (Å²) in [4.78, 5) is 3.78. The number of halogens is 2. The van der Waals surface area contributed by atoms with Gasteiger partial charge >= 0.3 is 0 Å². The molecule has 2 nitrogen and oxygen atoms in total. The Morgan fingerprint density at radius 2 is 1.67 bits per heavy atom. The average molecular weight is 421 g/mol. The minimum Gasteiger partial charge on any atom is -0.347 e. The summed E-state index contributed by atoms with van der Waals surface area (Å²) in [5.74, 6) is 0.943. The van der Waals surface area contributed by atoms with E-state index >= 15 is 0 Å². The average Bonchev–Trinajstić information content (AvgIpc) is 2.94. The summed E-state index contributed by atoms with van der Waals surface area (Å²) in [6.45, 7) is 3.50. The van der Waals surface area contributed by atoms with E-state index in [0.717, 1.165) is 22.2 Å². The molecule has 2 heterocycles. The Kier molecular flexibility index (Phi) is 7.16. The second kappa shape index (κ2) is 9.38. The minimum absolute atomic E-state index is 0. The van der Waals surface area contributed by atoms with Crippen molar-refractivity contribution in [2.45, 2.75) is 36.5 Å². The number of hydrogen-bond acceptors (Lipinski definition) is 2. The van der Waals surface area contributed by atoms with E-state index < -0.39 is 0 Å². The molecule has 3 aromatic rings. The molecule has 4 rings (SSSR count). The van der Waals surface area contributed by atoms with Crippen LogP contribution in [0.4, 0.5) is 0 Å². The van der Waals surface area contributed by atoms with Gasteiger partial charge in [0.15, 0.2) is 0 Å². The van der Waals surface area contributed by atoms with Crippen LogP contribution in [0.2, 0.25) is 5.02 Å². The smallest absolute Gasteiger partial charge is 0.0541 e. The normalized spacial score (nSPS) is 15.0. The first-order chi connectivity index (χ1) is 12.7. The molecule has 0 N–H and O–H groups in total. The Hall–Kier alpha value is -1.13. The van der Waals surface area contributed by atoms with E-state index in [1.165, 1.54) is 54.5 Å². The molecule has 5 heteroatoms. The van der Waals surface area contributed by atoms with Gasteiger partial charge in [0, 0.05) is 40.8 Å². The molecule has 1 fully saturated rings. The molecule has 0 aliphatic carbocycles. The third-order valence-electron chi connectivity index (χ3n) is 5.38. The van der Waals surface area contributed by atoms with Gasteiger partial charge in [-0.25, -0.2) is 0 Å². The Labute approximate surface area is 177 Å². The van der Waals surface area contributed by atoms with Crippen LogP contribution >= 0.6 is 35.8 Å². The summed E-state index contributed by atoms with van der Waals surface area (Å²) in [7, 11) is 2.20. The number of fused-ring (bicyclic) bond motifs is 1. The molecule has 1 aromatic heterocycles. The van der Waals surface area contributed by atoms with Gasteiger partial charge in [0.05, 0.1) is 5.02 Å². The molecule has 0 unspecified atom stereocenters. The lowest BCUT2D eigenvalue weighted by atomic mass is 10.1. The molecule has 1 saturated heterocycles. The molecule has 0 radical (unpaired) electrons. The standard InChI is InChI=1S/C22H25ClN2S.ClH/c1-24-20-11-5-3-9-17(20)18(15-25-13-7-2-8-14-25)21(24)16-26-22-12-6-4-10-19(22)23;/h3-6,9-12H,2,7-8,13-16H2,1H3;1H. The number of piperidine rings is 1. The zero-order valence-corrected chi connectivity index (χ0v) is 18.0. The van der Waals surface area contributed by atoms with Gasteiger partial charge in [-0.2, -0.15) is 0 Å². The number of hydrogen-bond donors (Lipinski definition) is 0. The molecular formula is C22H26Cl2N2S. The fourth-order valence-corrected chi connectivity index (χ4v) is 5.27. The van der Waals surface area contributed by atoms with E-state index in [1.54, 1.807) is 0 Å². The fraction of sp³-hybridized carbons (Fsp3) is 0.364. The first kappa shape index (κ1) is 20.6. The highest BCUT2D eigenvalue weighted by molar-refractivity contribution is 7.98. The minimum atomic E-state index is 0. The van der Waals surface area contributed by atoms with Gasteiger partial charge in [-0.3, -0.25) is 4.90 Å². The highest BCUT2D eigenvalue weighted by Gasteiger charge is 2.19. The van der Waals surface area contributed by atoms with Crippen LogP contribution in [0.25, 0.3) is 10.9 Å².